The molecule has 0 aliphatic heterocycles. The van der Waals surface area contributed by atoms with Crippen molar-refractivity contribution in [2.24, 2.45) is 0 Å². The highest BCUT2D eigenvalue weighted by Crippen LogP contribution is 2.01. The van der Waals surface area contributed by atoms with E-state index < -0.39 is 8.32 Å². The summed E-state index contributed by atoms with van der Waals surface area (Å²) in [4.78, 5) is 0. The van der Waals surface area contributed by atoms with E-state index in [1.165, 1.54) is 0 Å². The molecule has 0 aliphatic carbocycles. The SMILES string of the molecule is CO[Si](OC)(OC)[SiH2][SiH2][SiH2][SiH2][SiH2][SiH2][SiH2][SiH2][SiH2][SiH2][SiH3]. The van der Waals surface area contributed by atoms with Gasteiger partial charge in [-0.25, -0.2) is 0 Å². The minimum atomic E-state index is -1.99. The van der Waals surface area contributed by atoms with E-state index in [0.29, 0.717) is 25.7 Å². The Morgan fingerprint density at radius 2 is 1.06 bits per heavy atom. The Kier molecular flexibility index (Phi) is 16.4. The summed E-state index contributed by atoms with van der Waals surface area (Å²) in [5, 5.41) is 0. The van der Waals surface area contributed by atoms with Crippen LogP contribution in [-0.4, -0.2) is 125 Å². The summed E-state index contributed by atoms with van der Waals surface area (Å²) in [6.45, 7) is 0. The van der Waals surface area contributed by atoms with E-state index in [0.717, 1.165) is 51.3 Å². The Morgan fingerprint density at radius 3 is 1.44 bits per heavy atom. The molecule has 0 aromatic rings. The molecule has 0 aliphatic rings. The topological polar surface area (TPSA) is 27.7 Å². The zero-order valence-corrected chi connectivity index (χ0v) is 29.9. The van der Waals surface area contributed by atoms with E-state index in [-0.39, 0.29) is 8.55 Å². The molecule has 0 rings (SSSR count). The molecule has 0 spiro atoms. The lowest BCUT2D eigenvalue weighted by atomic mass is 11.8. The highest BCUT2D eigenvalue weighted by atomic mass is 30.0. The number of hydrogen-bond donors (Lipinski definition) is 0. The minimum Gasteiger partial charge on any atom is -0.380 e. The van der Waals surface area contributed by atoms with Gasteiger partial charge < -0.3 is 13.3 Å². The van der Waals surface area contributed by atoms with Crippen LogP contribution < -0.4 is 0 Å². The molecule has 0 saturated carbocycles. The number of hydrogen-bond acceptors (Lipinski definition) is 3. The Labute approximate surface area is 137 Å². The Hall–Kier alpha value is 2.48. The minimum absolute atomic E-state index is 0.0470. The van der Waals surface area contributed by atoms with Gasteiger partial charge in [0.15, 0.2) is 0 Å². The molecule has 3 nitrogen and oxygen atoms in total. The molecule has 0 heterocycles. The predicted molar refractivity (Wildman–Crippen MR) is 122 cm³/mol. The Balaban J connectivity index is 3.38. The van der Waals surface area contributed by atoms with Crippen LogP contribution in [0.15, 0.2) is 0 Å². The Morgan fingerprint density at radius 1 is 0.667 bits per heavy atom. The normalized spacial score (nSPS) is 18.8. The molecule has 0 saturated heterocycles. The molecule has 0 bridgehead atoms. The van der Waals surface area contributed by atoms with Gasteiger partial charge in [0.05, 0.1) is 0 Å². The first-order chi connectivity index (χ1) is 8.74. The fourth-order valence-electron chi connectivity index (χ4n) is 2.21. The lowest BCUT2D eigenvalue weighted by Crippen LogP contribution is -2.53. The van der Waals surface area contributed by atoms with Crippen LogP contribution in [0.5, 0.6) is 0 Å². The molecule has 0 unspecified atom stereocenters. The zero-order chi connectivity index (χ0) is 13.7. The second-order valence-corrected chi connectivity index (χ2v) is 103. The van der Waals surface area contributed by atoms with Gasteiger partial charge in [0.25, 0.3) is 0 Å². The third-order valence-electron chi connectivity index (χ3n) is 3.52. The Bertz CT molecular complexity index is 170. The van der Waals surface area contributed by atoms with Gasteiger partial charge in [-0.2, -0.15) is 0 Å². The van der Waals surface area contributed by atoms with E-state index in [1.807, 2.05) is 0 Å². The van der Waals surface area contributed by atoms with Gasteiger partial charge in [-0.3, -0.25) is 0 Å². The summed E-state index contributed by atoms with van der Waals surface area (Å²) in [7, 11) is 11.3. The van der Waals surface area contributed by atoms with Gasteiger partial charge in [0.2, 0.25) is 0 Å². The van der Waals surface area contributed by atoms with E-state index in [1.54, 1.807) is 31.1 Å². The first kappa shape index (κ1) is 20.5. The predicted octanol–water partition coefficient (Wildman–Crippen LogP) is -10.4. The van der Waals surface area contributed by atoms with Crippen molar-refractivity contribution in [1.29, 1.82) is 0 Å². The van der Waals surface area contributed by atoms with Gasteiger partial charge in [-0.1, -0.05) is 0 Å². The number of rotatable bonds is 13. The fourth-order valence-corrected chi connectivity index (χ4v) is 375. The highest BCUT2D eigenvalue weighted by Gasteiger charge is 2.36. The summed E-state index contributed by atoms with van der Waals surface area (Å²) in [5.41, 5.74) is 0. The molecule has 15 heteroatoms. The van der Waals surface area contributed by atoms with Gasteiger partial charge in [0.1, 0.15) is 8.55 Å². The van der Waals surface area contributed by atoms with Crippen molar-refractivity contribution in [2.75, 3.05) is 21.3 Å². The van der Waals surface area contributed by atoms with Crippen LogP contribution >= 0.6 is 0 Å². The maximum atomic E-state index is 5.58. The smallest absolute Gasteiger partial charge is 0.380 e. The van der Waals surface area contributed by atoms with Crippen molar-refractivity contribution in [3.63, 3.8) is 0 Å². The lowest BCUT2D eigenvalue weighted by molar-refractivity contribution is 0.149. The summed E-state index contributed by atoms with van der Waals surface area (Å²) in [6.07, 6.45) is 0. The van der Waals surface area contributed by atoms with Crippen molar-refractivity contribution in [2.45, 2.75) is 0 Å². The van der Waals surface area contributed by atoms with Crippen LogP contribution in [0.4, 0.5) is 0 Å². The van der Waals surface area contributed by atoms with E-state index in [2.05, 4.69) is 0 Å². The average molecular weight is 453 g/mol. The van der Waals surface area contributed by atoms with Crippen LogP contribution in [0.1, 0.15) is 0 Å². The van der Waals surface area contributed by atoms with Crippen molar-refractivity contribution >= 4 is 104 Å². The van der Waals surface area contributed by atoms with E-state index in [4.69, 9.17) is 13.3 Å². The summed E-state index contributed by atoms with van der Waals surface area (Å²) in [5.74, 6) is 0. The first-order valence-corrected chi connectivity index (χ1v) is 53.1. The maximum Gasteiger partial charge on any atom is 0.457 e. The van der Waals surface area contributed by atoms with Gasteiger partial charge in [-0.15, -0.1) is 0 Å². The molecule has 0 amide bonds. The molecule has 0 radical (unpaired) electrons. The van der Waals surface area contributed by atoms with Crippen LogP contribution in [-0.2, 0) is 13.3 Å². The van der Waals surface area contributed by atoms with Crippen LogP contribution in [0.2, 0.25) is 0 Å². The molecule has 110 valence electrons. The van der Waals surface area contributed by atoms with E-state index in [9.17, 15) is 0 Å². The van der Waals surface area contributed by atoms with Crippen LogP contribution in [0.3, 0.4) is 0 Å². The second-order valence-electron chi connectivity index (χ2n) is 4.87. The third-order valence-corrected chi connectivity index (χ3v) is 198. The molecule has 0 aromatic carbocycles. The third kappa shape index (κ3) is 10.2. The van der Waals surface area contributed by atoms with Gasteiger partial charge >= 0.3 is 8.32 Å². The molecule has 0 atom stereocenters. The molecular weight excluding hydrogens is 421 g/mol. The van der Waals surface area contributed by atoms with Crippen LogP contribution in [0.25, 0.3) is 0 Å². The molecular formula is C3H32O3Si12. The summed E-state index contributed by atoms with van der Waals surface area (Å²) in [6, 6.07) is 0. The lowest BCUT2D eigenvalue weighted by Gasteiger charge is -2.24. The molecule has 0 N–H and O–H groups in total. The second kappa shape index (κ2) is 14.4. The van der Waals surface area contributed by atoms with Gasteiger partial charge in [0, 0.05) is 29.9 Å². The molecule has 0 aromatic heterocycles. The van der Waals surface area contributed by atoms with Crippen molar-refractivity contribution in [3.05, 3.63) is 0 Å². The van der Waals surface area contributed by atoms with Crippen molar-refractivity contribution < 1.29 is 13.3 Å². The zero-order valence-electron chi connectivity index (χ0n) is 12.8. The van der Waals surface area contributed by atoms with Crippen molar-refractivity contribution in [1.82, 2.24) is 0 Å². The molecule has 18 heavy (non-hydrogen) atoms. The summed E-state index contributed by atoms with van der Waals surface area (Å²) >= 11 is 0. The monoisotopic (exact) mass is 452 g/mol. The molecule has 0 fully saturated rings. The standard InChI is InChI=1S/C3H32O3Si12/c1-4-18(5-2,6-3)17-16-15-14-13-12-11-10-9-8-7/h8-17H2,1-3,7H3. The largest absolute Gasteiger partial charge is 0.457 e. The quantitative estimate of drug-likeness (QED) is 0.205. The van der Waals surface area contributed by atoms with E-state index >= 15 is 0 Å². The summed E-state index contributed by atoms with van der Waals surface area (Å²) < 4.78 is 16.7. The fraction of sp³-hybridized carbons (Fsp3) is 1.00. The highest BCUT2D eigenvalue weighted by molar-refractivity contribution is 7.71. The van der Waals surface area contributed by atoms with Crippen molar-refractivity contribution in [3.8, 4) is 0 Å². The maximum absolute atomic E-state index is 5.58. The van der Waals surface area contributed by atoms with Crippen LogP contribution in [0, 0.1) is 0 Å². The first-order valence-electron chi connectivity index (χ1n) is 7.40. The average Bonchev–Trinajstić information content (AvgIpc) is 2.42. The van der Waals surface area contributed by atoms with Gasteiger partial charge in [-0.05, 0) is 78.2 Å².